The summed E-state index contributed by atoms with van der Waals surface area (Å²) in [6.45, 7) is -1.38. The number of hydrogen-bond acceptors (Lipinski definition) is 2. The first-order valence-corrected chi connectivity index (χ1v) is 5.29. The summed E-state index contributed by atoms with van der Waals surface area (Å²) in [5, 5.41) is 1.58. The van der Waals surface area contributed by atoms with Crippen LogP contribution in [0.15, 0.2) is 18.2 Å². The summed E-state index contributed by atoms with van der Waals surface area (Å²) in [4.78, 5) is 10.9. The number of ether oxygens (including phenoxy) is 1. The van der Waals surface area contributed by atoms with Crippen LogP contribution < -0.4 is 5.32 Å². The van der Waals surface area contributed by atoms with Crippen LogP contribution >= 0.6 is 12.4 Å². The van der Waals surface area contributed by atoms with Crippen LogP contribution in [0.25, 0.3) is 0 Å². The van der Waals surface area contributed by atoms with Crippen LogP contribution in [0.1, 0.15) is 17.2 Å². The minimum atomic E-state index is -5.17. The van der Waals surface area contributed by atoms with Crippen molar-refractivity contribution in [3.63, 3.8) is 0 Å². The minimum Gasteiger partial charge on any atom is -0.443 e. The molecule has 1 saturated heterocycles. The van der Waals surface area contributed by atoms with E-state index in [-0.39, 0.29) is 12.4 Å². The van der Waals surface area contributed by atoms with Crippen LogP contribution in [0.2, 0.25) is 0 Å². The van der Waals surface area contributed by atoms with Crippen molar-refractivity contribution in [2.45, 2.75) is 18.1 Å². The van der Waals surface area contributed by atoms with Gasteiger partial charge in [-0.2, -0.15) is 13.2 Å². The molecule has 0 bridgehead atoms. The Hall–Kier alpha value is -1.64. The van der Waals surface area contributed by atoms with E-state index in [9.17, 15) is 31.1 Å². The molecule has 3 nitrogen and oxygen atoms in total. The van der Waals surface area contributed by atoms with Crippen molar-refractivity contribution in [1.82, 2.24) is 5.32 Å². The first-order valence-electron chi connectivity index (χ1n) is 5.29. The van der Waals surface area contributed by atoms with Crippen molar-refractivity contribution >= 4 is 18.5 Å². The second-order valence-electron chi connectivity index (χ2n) is 4.12. The topological polar surface area (TPSA) is 38.3 Å². The molecule has 0 saturated carbocycles. The minimum absolute atomic E-state index is 0. The fourth-order valence-corrected chi connectivity index (χ4v) is 1.90. The van der Waals surface area contributed by atoms with Gasteiger partial charge in [0.15, 0.2) is 6.61 Å². The molecule has 10 heteroatoms. The molecule has 0 spiro atoms. The number of benzene rings is 1. The summed E-state index contributed by atoms with van der Waals surface area (Å²) in [7, 11) is 0. The Labute approximate surface area is 120 Å². The highest BCUT2D eigenvalue weighted by atomic mass is 35.5. The fourth-order valence-electron chi connectivity index (χ4n) is 1.90. The molecule has 0 radical (unpaired) electrons. The van der Waals surface area contributed by atoms with Crippen LogP contribution in [0.5, 0.6) is 0 Å². The number of cyclic esters (lactones) is 1. The van der Waals surface area contributed by atoms with Crippen molar-refractivity contribution in [3.8, 4) is 0 Å². The van der Waals surface area contributed by atoms with E-state index >= 15 is 0 Å². The van der Waals surface area contributed by atoms with Crippen LogP contribution in [0.3, 0.4) is 0 Å². The van der Waals surface area contributed by atoms with Gasteiger partial charge in [0.1, 0.15) is 11.9 Å². The Balaban J connectivity index is 0.00000220. The van der Waals surface area contributed by atoms with Crippen LogP contribution in [-0.2, 0) is 10.9 Å². The van der Waals surface area contributed by atoms with E-state index < -0.39 is 47.8 Å². The molecular weight excluding hydrogens is 328 g/mol. The average molecular weight is 336 g/mol. The van der Waals surface area contributed by atoms with Crippen LogP contribution in [-0.4, -0.2) is 18.6 Å². The molecule has 1 fully saturated rings. The Kier molecular flexibility index (Phi) is 4.66. The van der Waals surface area contributed by atoms with Gasteiger partial charge < -0.3 is 10.1 Å². The van der Waals surface area contributed by atoms with Gasteiger partial charge in [0.05, 0.1) is 5.56 Å². The van der Waals surface area contributed by atoms with Gasteiger partial charge in [-0.3, -0.25) is 0 Å². The maximum absolute atomic E-state index is 13.6. The van der Waals surface area contributed by atoms with E-state index in [1.807, 2.05) is 0 Å². The van der Waals surface area contributed by atoms with Crippen molar-refractivity contribution in [1.29, 1.82) is 0 Å². The molecule has 0 aromatic heterocycles. The number of alkyl carbamates (subject to hydrolysis) is 1. The zero-order chi connectivity index (χ0) is 15.1. The lowest BCUT2D eigenvalue weighted by Crippen LogP contribution is -2.50. The third kappa shape index (κ3) is 3.34. The highest BCUT2D eigenvalue weighted by Crippen LogP contribution is 2.42. The molecule has 1 amide bonds. The molecule has 0 unspecified atom stereocenters. The quantitative estimate of drug-likeness (QED) is 0.795. The van der Waals surface area contributed by atoms with Crippen molar-refractivity contribution in [2.75, 3.05) is 6.61 Å². The molecule has 1 atom stereocenters. The van der Waals surface area contributed by atoms with Gasteiger partial charge in [-0.15, -0.1) is 12.4 Å². The van der Waals surface area contributed by atoms with Crippen molar-refractivity contribution in [2.24, 2.45) is 0 Å². The maximum atomic E-state index is 13.6. The van der Waals surface area contributed by atoms with Gasteiger partial charge in [-0.05, 0) is 11.6 Å². The predicted molar refractivity (Wildman–Crippen MR) is 60.8 cm³/mol. The van der Waals surface area contributed by atoms with Crippen molar-refractivity contribution < 1.29 is 35.9 Å². The molecular formula is C11H8ClF6NO2. The van der Waals surface area contributed by atoms with Crippen LogP contribution in [0.4, 0.5) is 31.1 Å². The number of alkyl halides is 5. The van der Waals surface area contributed by atoms with E-state index in [0.717, 1.165) is 6.07 Å². The molecule has 118 valence electrons. The summed E-state index contributed by atoms with van der Waals surface area (Å²) >= 11 is 0. The molecule has 0 aliphatic carbocycles. The molecule has 1 heterocycles. The Morgan fingerprint density at radius 1 is 1.29 bits per heavy atom. The predicted octanol–water partition coefficient (Wildman–Crippen LogP) is 3.68. The molecule has 2 rings (SSSR count). The standard InChI is InChI=1S/C11H7F6NO2.ClH/c12-6-3-1-2-5(7(6)11(15,16)17)8-10(13,14)4-20-9(19)18-8;/h1-3,8H,4H2,(H,18,19);1H/t8-;/m1./s1. The zero-order valence-corrected chi connectivity index (χ0v) is 10.8. The molecule has 1 N–H and O–H groups in total. The van der Waals surface area contributed by atoms with Gasteiger partial charge in [-0.25, -0.2) is 18.0 Å². The summed E-state index contributed by atoms with van der Waals surface area (Å²) in [6.07, 6.45) is -6.46. The number of rotatable bonds is 1. The highest BCUT2D eigenvalue weighted by Gasteiger charge is 2.50. The van der Waals surface area contributed by atoms with Gasteiger partial charge in [0, 0.05) is 0 Å². The SMILES string of the molecule is Cl.O=C1N[C@H](c2cccc(F)c2C(F)(F)F)C(F)(F)CO1. The molecule has 21 heavy (non-hydrogen) atoms. The smallest absolute Gasteiger partial charge is 0.419 e. The summed E-state index contributed by atoms with van der Waals surface area (Å²) < 4.78 is 82.9. The molecule has 1 aromatic carbocycles. The monoisotopic (exact) mass is 335 g/mol. The maximum Gasteiger partial charge on any atom is 0.419 e. The first kappa shape index (κ1) is 17.4. The van der Waals surface area contributed by atoms with Gasteiger partial charge >= 0.3 is 18.2 Å². The van der Waals surface area contributed by atoms with E-state index in [1.54, 1.807) is 5.32 Å². The highest BCUT2D eigenvalue weighted by molar-refractivity contribution is 5.85. The van der Waals surface area contributed by atoms with Crippen LogP contribution in [0, 0.1) is 5.82 Å². The van der Waals surface area contributed by atoms with Gasteiger partial charge in [0.25, 0.3) is 0 Å². The first-order chi connectivity index (χ1) is 9.13. The molecule has 1 aromatic rings. The second-order valence-corrected chi connectivity index (χ2v) is 4.12. The zero-order valence-electron chi connectivity index (χ0n) is 10.0. The fraction of sp³-hybridized carbons (Fsp3) is 0.364. The number of nitrogens with one attached hydrogen (secondary N) is 1. The lowest BCUT2D eigenvalue weighted by molar-refractivity contribution is -0.144. The van der Waals surface area contributed by atoms with Gasteiger partial charge in [-0.1, -0.05) is 12.1 Å². The lowest BCUT2D eigenvalue weighted by atomic mass is 9.94. The van der Waals surface area contributed by atoms with E-state index in [1.165, 1.54) is 0 Å². The Morgan fingerprint density at radius 2 is 1.90 bits per heavy atom. The largest absolute Gasteiger partial charge is 0.443 e. The third-order valence-corrected chi connectivity index (χ3v) is 2.72. The Bertz CT molecular complexity index is 548. The van der Waals surface area contributed by atoms with E-state index in [4.69, 9.17) is 0 Å². The summed E-state index contributed by atoms with van der Waals surface area (Å²) in [5.41, 5.74) is -2.87. The number of halogens is 7. The number of carbonyl (C=O) groups excluding carboxylic acids is 1. The van der Waals surface area contributed by atoms with Crippen molar-refractivity contribution in [3.05, 3.63) is 35.1 Å². The Morgan fingerprint density at radius 3 is 2.48 bits per heavy atom. The average Bonchev–Trinajstić information content (AvgIpc) is 2.30. The molecule has 1 aliphatic rings. The summed E-state index contributed by atoms with van der Waals surface area (Å²) in [5.74, 6) is -5.48. The summed E-state index contributed by atoms with van der Waals surface area (Å²) in [6, 6.07) is -0.254. The third-order valence-electron chi connectivity index (χ3n) is 2.72. The lowest BCUT2D eigenvalue weighted by Gasteiger charge is -2.33. The van der Waals surface area contributed by atoms with E-state index in [0.29, 0.717) is 12.1 Å². The van der Waals surface area contributed by atoms with Gasteiger partial charge in [0.2, 0.25) is 0 Å². The molecule has 1 aliphatic heterocycles. The normalized spacial score (nSPS) is 21.0. The van der Waals surface area contributed by atoms with E-state index in [2.05, 4.69) is 4.74 Å². The number of hydrogen-bond donors (Lipinski definition) is 1. The number of amides is 1. The number of carbonyl (C=O) groups is 1. The second kappa shape index (κ2) is 5.63.